The first-order chi connectivity index (χ1) is 0. The summed E-state index contributed by atoms with van der Waals surface area (Å²) in [6, 6.07) is 0. The summed E-state index contributed by atoms with van der Waals surface area (Å²) in [4.78, 5) is 0. The fourth-order valence-electron chi connectivity index (χ4n) is 0. The average molecular weight is 331 g/mol. The standard InChI is InChI=1S/Al.Fe.Ni.Sn.Zn.5H. The van der Waals surface area contributed by atoms with Crippen LogP contribution in [-0.4, -0.2) is 41.3 Å². The molecule has 0 aromatic carbocycles. The zero-order valence-corrected chi connectivity index (χ0v) is 11.2. The van der Waals surface area contributed by atoms with Crippen LogP contribution < -0.4 is 0 Å². The summed E-state index contributed by atoms with van der Waals surface area (Å²) in [7, 11) is 0. The summed E-state index contributed by atoms with van der Waals surface area (Å²) in [6.45, 7) is 0. The van der Waals surface area contributed by atoms with Crippen LogP contribution in [0, 0.1) is 0 Å². The molecule has 0 amide bonds. The Kier molecular flexibility index (Phi) is 248. The van der Waals surface area contributed by atoms with Gasteiger partial charge in [0.15, 0.2) is 17.4 Å². The first-order valence-electron chi connectivity index (χ1n) is 0. The van der Waals surface area contributed by atoms with Crippen LogP contribution in [0.2, 0.25) is 0 Å². The molecule has 0 heterocycles. The van der Waals surface area contributed by atoms with Gasteiger partial charge in [0.1, 0.15) is 0 Å². The first-order valence-corrected chi connectivity index (χ1v) is 0. The molecule has 5 heavy (non-hydrogen) atoms. The van der Waals surface area contributed by atoms with E-state index in [1.807, 2.05) is 0 Å². The SMILES string of the molecule is [AlH3].[Fe].[Ni].[SnH2].[Zn]. The van der Waals surface area contributed by atoms with Crippen molar-refractivity contribution in [2.75, 3.05) is 0 Å². The molecular formula is H5AlFeNiSnZn. The minimum Gasteiger partial charge on any atom is 0 e. The topological polar surface area (TPSA) is 0 Å². The normalized spacial score (nSPS) is 0. The summed E-state index contributed by atoms with van der Waals surface area (Å²) < 4.78 is 0. The largest absolute Gasteiger partial charge is 0 e. The van der Waals surface area contributed by atoms with Gasteiger partial charge >= 0.3 is 23.9 Å². The Bertz CT molecular complexity index is 11.6. The Balaban J connectivity index is 0. The molecule has 0 bridgehead atoms. The maximum Gasteiger partial charge on any atom is 0 e. The van der Waals surface area contributed by atoms with E-state index in [-0.39, 0.29) is 94.3 Å². The van der Waals surface area contributed by atoms with Gasteiger partial charge in [0.2, 0.25) is 0 Å². The Hall–Kier alpha value is 2.97. The summed E-state index contributed by atoms with van der Waals surface area (Å²) in [5.41, 5.74) is 0. The molecule has 5 heteroatoms. The van der Waals surface area contributed by atoms with Crippen LogP contribution in [0.4, 0.5) is 0 Å². The molecular weight excluding hydrogens is 326 g/mol. The second-order valence-corrected chi connectivity index (χ2v) is 0. The second kappa shape index (κ2) is 28.2. The molecule has 0 aliphatic carbocycles. The van der Waals surface area contributed by atoms with E-state index in [1.54, 1.807) is 0 Å². The number of hydrogen-bond donors (Lipinski definition) is 0. The van der Waals surface area contributed by atoms with E-state index in [4.69, 9.17) is 0 Å². The molecule has 0 spiro atoms. The van der Waals surface area contributed by atoms with Gasteiger partial charge in [-0.1, -0.05) is 0 Å². The minimum atomic E-state index is 0. The van der Waals surface area contributed by atoms with Crippen molar-refractivity contribution in [1.82, 2.24) is 0 Å². The third-order valence-electron chi connectivity index (χ3n) is 0. The molecule has 0 unspecified atom stereocenters. The van der Waals surface area contributed by atoms with Crippen molar-refractivity contribution in [3.05, 3.63) is 0 Å². The predicted molar refractivity (Wildman–Crippen MR) is 18.5 cm³/mol. The second-order valence-electron chi connectivity index (χ2n) is 0. The zero-order valence-electron chi connectivity index (χ0n) is 2.08. The van der Waals surface area contributed by atoms with E-state index < -0.39 is 0 Å². The van der Waals surface area contributed by atoms with Gasteiger partial charge in [-0.2, -0.15) is 0 Å². The quantitative estimate of drug-likeness (QED) is 0.446. The Morgan fingerprint density at radius 2 is 1.00 bits per heavy atom. The van der Waals surface area contributed by atoms with E-state index in [0.717, 1.165) is 0 Å². The van der Waals surface area contributed by atoms with E-state index in [1.165, 1.54) is 0 Å². The van der Waals surface area contributed by atoms with Crippen LogP contribution in [0.1, 0.15) is 0 Å². The predicted octanol–water partition coefficient (Wildman–Crippen LogP) is -2.11. The van der Waals surface area contributed by atoms with Crippen molar-refractivity contribution in [2.24, 2.45) is 0 Å². The van der Waals surface area contributed by atoms with Crippen LogP contribution in [0.3, 0.4) is 0 Å². The minimum absolute atomic E-state index is 0. The maximum atomic E-state index is 0. The van der Waals surface area contributed by atoms with Crippen LogP contribution in [-0.2, 0) is 53.0 Å². The third kappa shape index (κ3) is 19.5. The van der Waals surface area contributed by atoms with Crippen molar-refractivity contribution >= 4 is 41.3 Å². The molecule has 32 valence electrons. The molecule has 0 aromatic heterocycles. The molecule has 0 saturated carbocycles. The maximum absolute atomic E-state index is 0. The molecule has 0 nitrogen and oxygen atoms in total. The summed E-state index contributed by atoms with van der Waals surface area (Å²) in [5.74, 6) is 0. The van der Waals surface area contributed by atoms with Crippen LogP contribution in [0.25, 0.3) is 0 Å². The van der Waals surface area contributed by atoms with Crippen molar-refractivity contribution in [1.29, 1.82) is 0 Å². The van der Waals surface area contributed by atoms with Crippen molar-refractivity contribution < 1.29 is 53.0 Å². The van der Waals surface area contributed by atoms with Gasteiger partial charge in [-0.15, -0.1) is 0 Å². The summed E-state index contributed by atoms with van der Waals surface area (Å²) in [6.07, 6.45) is 0. The smallest absolute Gasteiger partial charge is 0 e. The third-order valence-corrected chi connectivity index (χ3v) is 0. The zero-order chi connectivity index (χ0) is 0. The van der Waals surface area contributed by atoms with Gasteiger partial charge in [0, 0.05) is 53.0 Å². The van der Waals surface area contributed by atoms with E-state index >= 15 is 0 Å². The molecule has 0 aromatic rings. The van der Waals surface area contributed by atoms with Crippen LogP contribution in [0.15, 0.2) is 0 Å². The molecule has 2 radical (unpaired) electrons. The number of rotatable bonds is 0. The van der Waals surface area contributed by atoms with Crippen molar-refractivity contribution in [3.63, 3.8) is 0 Å². The van der Waals surface area contributed by atoms with Crippen LogP contribution in [0.5, 0.6) is 0 Å². The van der Waals surface area contributed by atoms with Gasteiger partial charge in [0.25, 0.3) is 0 Å². The molecule has 0 aliphatic rings. The first kappa shape index (κ1) is 43.9. The molecule has 0 fully saturated rings. The van der Waals surface area contributed by atoms with Gasteiger partial charge in [-0.3, -0.25) is 0 Å². The molecule has 0 atom stereocenters. The van der Waals surface area contributed by atoms with Gasteiger partial charge < -0.3 is 0 Å². The van der Waals surface area contributed by atoms with E-state index in [0.29, 0.717) is 0 Å². The Labute approximate surface area is 92.8 Å². The van der Waals surface area contributed by atoms with Crippen molar-refractivity contribution in [2.45, 2.75) is 0 Å². The van der Waals surface area contributed by atoms with Gasteiger partial charge in [-0.05, 0) is 0 Å². The fourth-order valence-corrected chi connectivity index (χ4v) is 0. The molecule has 0 N–H and O–H groups in total. The molecule has 0 rings (SSSR count). The van der Waals surface area contributed by atoms with Crippen LogP contribution >= 0.6 is 0 Å². The van der Waals surface area contributed by atoms with E-state index in [2.05, 4.69) is 0 Å². The Morgan fingerprint density at radius 1 is 1.00 bits per heavy atom. The Morgan fingerprint density at radius 3 is 1.00 bits per heavy atom. The average Bonchev–Trinajstić information content (AvgIpc) is 0. The van der Waals surface area contributed by atoms with Gasteiger partial charge in [-0.25, -0.2) is 0 Å². The summed E-state index contributed by atoms with van der Waals surface area (Å²) in [5, 5.41) is 0. The molecule has 0 aliphatic heterocycles. The van der Waals surface area contributed by atoms with E-state index in [9.17, 15) is 0 Å². The monoisotopic (exact) mass is 330 g/mol. The molecule has 0 saturated heterocycles. The van der Waals surface area contributed by atoms with Crippen molar-refractivity contribution in [3.8, 4) is 0 Å². The fraction of sp³-hybridized carbons (Fsp3) is 0. The summed E-state index contributed by atoms with van der Waals surface area (Å²) >= 11 is 0. The number of hydrogen-bond acceptors (Lipinski definition) is 0. The van der Waals surface area contributed by atoms with Gasteiger partial charge in [0.05, 0.1) is 0 Å².